The van der Waals surface area contributed by atoms with Gasteiger partial charge in [-0.25, -0.2) is 0 Å². The van der Waals surface area contributed by atoms with Crippen LogP contribution in [0.3, 0.4) is 0 Å². The van der Waals surface area contributed by atoms with E-state index >= 15 is 0 Å². The van der Waals surface area contributed by atoms with Crippen LogP contribution in [0.5, 0.6) is 0 Å². The zero-order valence-electron chi connectivity index (χ0n) is 17.2. The van der Waals surface area contributed by atoms with Crippen LogP contribution in [-0.2, 0) is 4.79 Å². The Balaban J connectivity index is 0.00000300. The summed E-state index contributed by atoms with van der Waals surface area (Å²) in [6.45, 7) is 3.07. The zero-order chi connectivity index (χ0) is 19.8. The van der Waals surface area contributed by atoms with Gasteiger partial charge in [-0.05, 0) is 37.8 Å². The summed E-state index contributed by atoms with van der Waals surface area (Å²) >= 11 is 2.01. The summed E-state index contributed by atoms with van der Waals surface area (Å²) in [6.07, 6.45) is 7.07. The van der Waals surface area contributed by atoms with E-state index in [-0.39, 0.29) is 34.6 Å². The molecule has 1 saturated heterocycles. The average molecular weight is 532 g/mol. The third-order valence-corrected chi connectivity index (χ3v) is 7.20. The molecule has 1 amide bonds. The maximum Gasteiger partial charge on any atom is 0.231 e. The van der Waals surface area contributed by atoms with Gasteiger partial charge in [0, 0.05) is 42.4 Å². The second kappa shape index (κ2) is 12.0. The van der Waals surface area contributed by atoms with Gasteiger partial charge in [-0.2, -0.15) is 0 Å². The second-order valence-electron chi connectivity index (χ2n) is 7.89. The van der Waals surface area contributed by atoms with Crippen molar-refractivity contribution in [3.63, 3.8) is 0 Å². The number of piperidine rings is 1. The number of nitrogens with zero attached hydrogens (tertiary/aromatic N) is 2. The Morgan fingerprint density at radius 2 is 1.90 bits per heavy atom. The van der Waals surface area contributed by atoms with Crippen molar-refractivity contribution in [2.45, 2.75) is 54.2 Å². The molecule has 0 aromatic heterocycles. The molecule has 29 heavy (non-hydrogen) atoms. The maximum atomic E-state index is 11.1. The Morgan fingerprint density at radius 1 is 1.24 bits per heavy atom. The summed E-state index contributed by atoms with van der Waals surface area (Å²) in [7, 11) is 1.84. The molecule has 1 heterocycles. The molecule has 1 aromatic rings. The van der Waals surface area contributed by atoms with Gasteiger partial charge < -0.3 is 16.4 Å². The molecule has 2 aliphatic rings. The zero-order valence-corrected chi connectivity index (χ0v) is 20.4. The number of hydrogen-bond acceptors (Lipinski definition) is 4. The summed E-state index contributed by atoms with van der Waals surface area (Å²) in [5, 5.41) is 7.16. The Bertz CT molecular complexity index is 658. The van der Waals surface area contributed by atoms with Crippen molar-refractivity contribution in [1.29, 1.82) is 0 Å². The molecule has 1 aromatic carbocycles. The number of primary amides is 1. The summed E-state index contributed by atoms with van der Waals surface area (Å²) in [5.74, 6) is 0.634. The van der Waals surface area contributed by atoms with E-state index in [1.807, 2.05) is 18.8 Å². The monoisotopic (exact) mass is 531 g/mol. The van der Waals surface area contributed by atoms with E-state index in [9.17, 15) is 4.79 Å². The van der Waals surface area contributed by atoms with Crippen molar-refractivity contribution in [3.05, 3.63) is 30.3 Å². The lowest BCUT2D eigenvalue weighted by molar-refractivity contribution is -0.119. The molecule has 1 aliphatic heterocycles. The normalized spacial score (nSPS) is 20.1. The number of carbonyl (C=O) groups is 1. The van der Waals surface area contributed by atoms with Crippen molar-refractivity contribution in [2.75, 3.05) is 33.2 Å². The molecule has 0 spiro atoms. The fourth-order valence-corrected chi connectivity index (χ4v) is 5.59. The first kappa shape index (κ1) is 24.3. The minimum atomic E-state index is -0.248. The Morgan fingerprint density at radius 3 is 2.48 bits per heavy atom. The van der Waals surface area contributed by atoms with Crippen molar-refractivity contribution in [2.24, 2.45) is 10.7 Å². The van der Waals surface area contributed by atoms with Crippen LogP contribution in [0.4, 0.5) is 0 Å². The fraction of sp³-hybridized carbons (Fsp3) is 0.619. The van der Waals surface area contributed by atoms with Gasteiger partial charge in [0.05, 0.1) is 6.54 Å². The minimum absolute atomic E-state index is 0. The SMILES string of the molecule is CN=C(NCC1(Sc2ccccc2)CCCC1)NC1CCN(CC(N)=O)CC1.I. The number of aliphatic imine (C=N–C) groups is 1. The molecule has 1 aliphatic carbocycles. The van der Waals surface area contributed by atoms with Gasteiger partial charge in [-0.3, -0.25) is 14.7 Å². The van der Waals surface area contributed by atoms with E-state index in [0.717, 1.165) is 38.4 Å². The molecule has 4 N–H and O–H groups in total. The lowest BCUT2D eigenvalue weighted by Crippen LogP contribution is -2.51. The fourth-order valence-electron chi connectivity index (χ4n) is 4.16. The number of thioether (sulfide) groups is 1. The van der Waals surface area contributed by atoms with Crippen LogP contribution in [0, 0.1) is 0 Å². The number of benzene rings is 1. The molecule has 6 nitrogen and oxygen atoms in total. The number of likely N-dealkylation sites (tertiary alicyclic amines) is 1. The van der Waals surface area contributed by atoms with Gasteiger partial charge in [-0.15, -0.1) is 35.7 Å². The molecular formula is C21H34IN5OS. The number of guanidine groups is 1. The van der Waals surface area contributed by atoms with Gasteiger partial charge in [-0.1, -0.05) is 31.0 Å². The van der Waals surface area contributed by atoms with Crippen molar-refractivity contribution < 1.29 is 4.79 Å². The first-order valence-corrected chi connectivity index (χ1v) is 11.1. The molecule has 0 bridgehead atoms. The number of carbonyl (C=O) groups excluding carboxylic acids is 1. The Kier molecular flexibility index (Phi) is 10.0. The number of nitrogens with two attached hydrogens (primary N) is 1. The van der Waals surface area contributed by atoms with Gasteiger partial charge in [0.25, 0.3) is 0 Å². The lowest BCUT2D eigenvalue weighted by Gasteiger charge is -2.33. The number of halogens is 1. The molecule has 2 fully saturated rings. The van der Waals surface area contributed by atoms with Crippen LogP contribution >= 0.6 is 35.7 Å². The molecule has 8 heteroatoms. The largest absolute Gasteiger partial charge is 0.369 e. The lowest BCUT2D eigenvalue weighted by atomic mass is 10.1. The van der Waals surface area contributed by atoms with Crippen LogP contribution in [0.15, 0.2) is 40.2 Å². The number of amides is 1. The van der Waals surface area contributed by atoms with E-state index in [1.165, 1.54) is 30.6 Å². The summed E-state index contributed by atoms with van der Waals surface area (Å²) in [5.41, 5.74) is 5.30. The molecule has 162 valence electrons. The highest BCUT2D eigenvalue weighted by atomic mass is 127. The van der Waals surface area contributed by atoms with E-state index in [2.05, 4.69) is 50.9 Å². The Hall–Kier alpha value is -1.00. The molecule has 0 radical (unpaired) electrons. The predicted molar refractivity (Wildman–Crippen MR) is 132 cm³/mol. The Labute approximate surface area is 195 Å². The maximum absolute atomic E-state index is 11.1. The van der Waals surface area contributed by atoms with Gasteiger partial charge >= 0.3 is 0 Å². The average Bonchev–Trinajstić information content (AvgIpc) is 3.15. The first-order valence-electron chi connectivity index (χ1n) is 10.3. The van der Waals surface area contributed by atoms with E-state index < -0.39 is 0 Å². The van der Waals surface area contributed by atoms with Crippen molar-refractivity contribution in [1.82, 2.24) is 15.5 Å². The summed E-state index contributed by atoms with van der Waals surface area (Å²) in [4.78, 5) is 19.0. The van der Waals surface area contributed by atoms with Crippen LogP contribution in [0.2, 0.25) is 0 Å². The smallest absolute Gasteiger partial charge is 0.231 e. The molecule has 1 saturated carbocycles. The van der Waals surface area contributed by atoms with Crippen LogP contribution in [0.25, 0.3) is 0 Å². The predicted octanol–water partition coefficient (Wildman–Crippen LogP) is 2.82. The number of rotatable bonds is 7. The van der Waals surface area contributed by atoms with Crippen LogP contribution in [0.1, 0.15) is 38.5 Å². The van der Waals surface area contributed by atoms with E-state index in [4.69, 9.17) is 5.73 Å². The quantitative estimate of drug-likeness (QED) is 0.287. The first-order chi connectivity index (χ1) is 13.6. The third kappa shape index (κ3) is 7.64. The summed E-state index contributed by atoms with van der Waals surface area (Å²) in [6, 6.07) is 11.1. The highest BCUT2D eigenvalue weighted by Crippen LogP contribution is 2.44. The molecule has 0 unspecified atom stereocenters. The third-order valence-electron chi connectivity index (χ3n) is 5.70. The second-order valence-corrected chi connectivity index (χ2v) is 9.43. The number of hydrogen-bond donors (Lipinski definition) is 3. The summed E-state index contributed by atoms with van der Waals surface area (Å²) < 4.78 is 0.240. The van der Waals surface area contributed by atoms with Gasteiger partial charge in [0.1, 0.15) is 0 Å². The molecule has 0 atom stereocenters. The standard InChI is InChI=1S/C21H33N5OS.HI/c1-23-20(25-17-9-13-26(14-10-17)15-19(22)27)24-16-21(11-5-6-12-21)28-18-7-3-2-4-8-18;/h2-4,7-8,17H,5-6,9-16H2,1H3,(H2,22,27)(H2,23,24,25);1H. The number of nitrogens with one attached hydrogen (secondary N) is 2. The highest BCUT2D eigenvalue weighted by Gasteiger charge is 2.35. The topological polar surface area (TPSA) is 82.8 Å². The van der Waals surface area contributed by atoms with Gasteiger partial charge in [0.2, 0.25) is 5.91 Å². The molecular weight excluding hydrogens is 497 g/mol. The van der Waals surface area contributed by atoms with Crippen molar-refractivity contribution in [3.8, 4) is 0 Å². The minimum Gasteiger partial charge on any atom is -0.369 e. The molecule has 3 rings (SSSR count). The van der Waals surface area contributed by atoms with Crippen molar-refractivity contribution >= 4 is 47.6 Å². The van der Waals surface area contributed by atoms with Crippen LogP contribution < -0.4 is 16.4 Å². The van der Waals surface area contributed by atoms with Gasteiger partial charge in [0.15, 0.2) is 5.96 Å². The van der Waals surface area contributed by atoms with E-state index in [1.54, 1.807) is 0 Å². The van der Waals surface area contributed by atoms with E-state index in [0.29, 0.717) is 12.6 Å². The highest BCUT2D eigenvalue weighted by molar-refractivity contribution is 14.0. The van der Waals surface area contributed by atoms with Crippen LogP contribution in [-0.4, -0.2) is 60.8 Å².